The summed E-state index contributed by atoms with van der Waals surface area (Å²) in [7, 11) is 0. The summed E-state index contributed by atoms with van der Waals surface area (Å²) in [5.74, 6) is 0.478. The van der Waals surface area contributed by atoms with Gasteiger partial charge in [-0.1, -0.05) is 0 Å². The van der Waals surface area contributed by atoms with Gasteiger partial charge < -0.3 is 15.9 Å². The first-order chi connectivity index (χ1) is 8.24. The van der Waals surface area contributed by atoms with Gasteiger partial charge in [0.2, 0.25) is 0 Å². The van der Waals surface area contributed by atoms with Gasteiger partial charge in [-0.15, -0.1) is 0 Å². The molecule has 0 aliphatic heterocycles. The first-order valence-electron chi connectivity index (χ1n) is 5.18. The highest BCUT2D eigenvalue weighted by Crippen LogP contribution is 2.26. The lowest BCUT2D eigenvalue weighted by Gasteiger charge is -2.05. The van der Waals surface area contributed by atoms with Crippen LogP contribution in [-0.4, -0.2) is 14.4 Å². The lowest BCUT2D eigenvalue weighted by atomic mass is 10.1. The topological polar surface area (TPSA) is 82.2 Å². The van der Waals surface area contributed by atoms with Crippen molar-refractivity contribution in [1.82, 2.24) is 14.4 Å². The van der Waals surface area contributed by atoms with E-state index in [4.69, 9.17) is 11.5 Å². The average Bonchev–Trinajstić information content (AvgIpc) is 2.69. The number of nitrogen functional groups attached to an aromatic ring is 2. The number of nitrogens with zero attached hydrogens (tertiary/aromatic N) is 3. The molecule has 5 heteroatoms. The molecule has 3 rings (SSSR count). The summed E-state index contributed by atoms with van der Waals surface area (Å²) in [5.41, 5.74) is 15.0. The average molecular weight is 225 g/mol. The summed E-state index contributed by atoms with van der Waals surface area (Å²) in [6, 6.07) is 5.72. The molecule has 3 heterocycles. The minimum atomic E-state index is 0.478. The summed E-state index contributed by atoms with van der Waals surface area (Å²) in [4.78, 5) is 8.29. The summed E-state index contributed by atoms with van der Waals surface area (Å²) in [5, 5.41) is 0. The van der Waals surface area contributed by atoms with Crippen LogP contribution < -0.4 is 11.5 Å². The van der Waals surface area contributed by atoms with Crippen LogP contribution in [0, 0.1) is 0 Å². The maximum atomic E-state index is 5.87. The van der Waals surface area contributed by atoms with Gasteiger partial charge in [0.15, 0.2) is 0 Å². The third-order valence-corrected chi connectivity index (χ3v) is 2.58. The molecule has 0 atom stereocenters. The van der Waals surface area contributed by atoms with Gasteiger partial charge in [0, 0.05) is 29.8 Å². The largest absolute Gasteiger partial charge is 0.398 e. The van der Waals surface area contributed by atoms with Crippen molar-refractivity contribution in [2.45, 2.75) is 0 Å². The molecule has 0 aliphatic rings. The van der Waals surface area contributed by atoms with Gasteiger partial charge in [0.1, 0.15) is 11.5 Å². The zero-order chi connectivity index (χ0) is 11.8. The standard InChI is InChI=1S/C12H11N5/c13-9-5-10(8-1-3-15-4-2-8)12-16-11(14)7-17(12)6-9/h1-7H,13-14H2. The van der Waals surface area contributed by atoms with Crippen LogP contribution >= 0.6 is 0 Å². The van der Waals surface area contributed by atoms with Crippen LogP contribution in [0.15, 0.2) is 43.0 Å². The molecule has 3 aromatic rings. The molecular formula is C12H11N5. The number of pyridine rings is 2. The molecule has 4 N–H and O–H groups in total. The summed E-state index contributed by atoms with van der Waals surface area (Å²) in [6.07, 6.45) is 7.02. The van der Waals surface area contributed by atoms with Crippen LogP contribution in [0.3, 0.4) is 0 Å². The van der Waals surface area contributed by atoms with Crippen molar-refractivity contribution in [1.29, 1.82) is 0 Å². The Bertz CT molecular complexity index is 672. The van der Waals surface area contributed by atoms with Crippen LogP contribution in [0.4, 0.5) is 11.5 Å². The highest BCUT2D eigenvalue weighted by Gasteiger charge is 2.08. The van der Waals surface area contributed by atoms with Crippen LogP contribution in [0.2, 0.25) is 0 Å². The maximum Gasteiger partial charge on any atom is 0.147 e. The summed E-state index contributed by atoms with van der Waals surface area (Å²) in [6.45, 7) is 0. The van der Waals surface area contributed by atoms with E-state index >= 15 is 0 Å². The predicted octanol–water partition coefficient (Wildman–Crippen LogP) is 1.56. The van der Waals surface area contributed by atoms with Crippen LogP contribution in [0.1, 0.15) is 0 Å². The zero-order valence-electron chi connectivity index (χ0n) is 9.04. The van der Waals surface area contributed by atoms with Crippen molar-refractivity contribution < 1.29 is 0 Å². The van der Waals surface area contributed by atoms with Gasteiger partial charge in [-0.05, 0) is 23.8 Å². The van der Waals surface area contributed by atoms with Gasteiger partial charge in [0.05, 0.1) is 6.20 Å². The van der Waals surface area contributed by atoms with E-state index in [9.17, 15) is 0 Å². The quantitative estimate of drug-likeness (QED) is 0.658. The number of fused-ring (bicyclic) bond motifs is 1. The second-order valence-corrected chi connectivity index (χ2v) is 3.82. The Kier molecular flexibility index (Phi) is 1.98. The van der Waals surface area contributed by atoms with E-state index in [0.29, 0.717) is 11.5 Å². The van der Waals surface area contributed by atoms with E-state index in [0.717, 1.165) is 16.8 Å². The van der Waals surface area contributed by atoms with Gasteiger partial charge in [-0.3, -0.25) is 4.98 Å². The smallest absolute Gasteiger partial charge is 0.147 e. The molecule has 5 nitrogen and oxygen atoms in total. The van der Waals surface area contributed by atoms with E-state index < -0.39 is 0 Å². The maximum absolute atomic E-state index is 5.87. The minimum Gasteiger partial charge on any atom is -0.398 e. The fourth-order valence-electron chi connectivity index (χ4n) is 1.88. The molecule has 0 amide bonds. The Hall–Kier alpha value is -2.56. The zero-order valence-corrected chi connectivity index (χ0v) is 9.04. The van der Waals surface area contributed by atoms with Crippen molar-refractivity contribution in [2.24, 2.45) is 0 Å². The van der Waals surface area contributed by atoms with Crippen molar-refractivity contribution in [3.8, 4) is 11.1 Å². The van der Waals surface area contributed by atoms with Gasteiger partial charge in [-0.25, -0.2) is 4.98 Å². The monoisotopic (exact) mass is 225 g/mol. The Labute approximate surface area is 97.7 Å². The third kappa shape index (κ3) is 1.57. The molecule has 0 spiro atoms. The van der Waals surface area contributed by atoms with E-state index in [1.807, 2.05) is 22.6 Å². The normalized spacial score (nSPS) is 10.8. The molecule has 0 saturated heterocycles. The highest BCUT2D eigenvalue weighted by molar-refractivity contribution is 5.80. The molecule has 3 aromatic heterocycles. The van der Waals surface area contributed by atoms with Crippen molar-refractivity contribution in [2.75, 3.05) is 11.5 Å². The van der Waals surface area contributed by atoms with E-state index in [-0.39, 0.29) is 0 Å². The predicted molar refractivity (Wildman–Crippen MR) is 67.2 cm³/mol. The lowest BCUT2D eigenvalue weighted by Crippen LogP contribution is -1.93. The van der Waals surface area contributed by atoms with Crippen molar-refractivity contribution in [3.05, 3.63) is 43.0 Å². The van der Waals surface area contributed by atoms with E-state index in [1.165, 1.54) is 0 Å². The summed E-state index contributed by atoms with van der Waals surface area (Å²) >= 11 is 0. The van der Waals surface area contributed by atoms with Crippen LogP contribution in [0.5, 0.6) is 0 Å². The Balaban J connectivity index is 2.35. The fourth-order valence-corrected chi connectivity index (χ4v) is 1.88. The lowest BCUT2D eigenvalue weighted by molar-refractivity contribution is 1.19. The number of anilines is 2. The van der Waals surface area contributed by atoms with E-state index in [1.54, 1.807) is 24.8 Å². The molecule has 0 radical (unpaired) electrons. The second-order valence-electron chi connectivity index (χ2n) is 3.82. The Morgan fingerprint density at radius 1 is 1.06 bits per heavy atom. The Morgan fingerprint density at radius 2 is 1.82 bits per heavy atom. The fraction of sp³-hybridized carbons (Fsp3) is 0. The van der Waals surface area contributed by atoms with Gasteiger partial charge in [0.25, 0.3) is 0 Å². The van der Waals surface area contributed by atoms with Crippen molar-refractivity contribution >= 4 is 17.2 Å². The van der Waals surface area contributed by atoms with Gasteiger partial charge >= 0.3 is 0 Å². The van der Waals surface area contributed by atoms with Crippen molar-refractivity contribution in [3.63, 3.8) is 0 Å². The molecule has 0 fully saturated rings. The number of hydrogen-bond donors (Lipinski definition) is 2. The number of hydrogen-bond acceptors (Lipinski definition) is 4. The molecule has 0 saturated carbocycles. The number of nitrogens with two attached hydrogens (primary N) is 2. The number of aromatic nitrogens is 3. The van der Waals surface area contributed by atoms with Crippen LogP contribution in [-0.2, 0) is 0 Å². The Morgan fingerprint density at radius 3 is 2.59 bits per heavy atom. The second kappa shape index (κ2) is 3.48. The molecule has 17 heavy (non-hydrogen) atoms. The molecule has 0 aromatic carbocycles. The number of imidazole rings is 1. The van der Waals surface area contributed by atoms with Crippen LogP contribution in [0.25, 0.3) is 16.8 Å². The molecule has 0 unspecified atom stereocenters. The summed E-state index contributed by atoms with van der Waals surface area (Å²) < 4.78 is 1.83. The van der Waals surface area contributed by atoms with Gasteiger partial charge in [-0.2, -0.15) is 0 Å². The number of rotatable bonds is 1. The molecule has 0 bridgehead atoms. The van der Waals surface area contributed by atoms with E-state index in [2.05, 4.69) is 9.97 Å². The molecule has 0 aliphatic carbocycles. The SMILES string of the molecule is Nc1cc(-c2ccncc2)c2nc(N)cn2c1. The minimum absolute atomic E-state index is 0.478. The first-order valence-corrected chi connectivity index (χ1v) is 5.18. The first kappa shape index (κ1) is 9.65. The molecular weight excluding hydrogens is 214 g/mol. The highest BCUT2D eigenvalue weighted by atomic mass is 15.0. The molecule has 84 valence electrons. The third-order valence-electron chi connectivity index (χ3n) is 2.58.